The van der Waals surface area contributed by atoms with E-state index in [0.29, 0.717) is 0 Å². The number of nitrogens with zero attached hydrogens (tertiary/aromatic N) is 1. The highest BCUT2D eigenvalue weighted by Gasteiger charge is 2.27. The topological polar surface area (TPSA) is 33.7 Å². The van der Waals surface area contributed by atoms with Crippen LogP contribution < -0.4 is 14.8 Å². The van der Waals surface area contributed by atoms with Gasteiger partial charge in [-0.15, -0.1) is 0 Å². The third-order valence-corrected chi connectivity index (χ3v) is 5.29. The highest BCUT2D eigenvalue weighted by molar-refractivity contribution is 9.10. The lowest BCUT2D eigenvalue weighted by Crippen LogP contribution is -2.45. The monoisotopic (exact) mass is 404 g/mol. The largest absolute Gasteiger partial charge is 0.496 e. The first-order valence-corrected chi connectivity index (χ1v) is 9.36. The highest BCUT2D eigenvalue weighted by Crippen LogP contribution is 2.40. The predicted molar refractivity (Wildman–Crippen MR) is 105 cm³/mol. The van der Waals surface area contributed by atoms with Crippen molar-refractivity contribution in [3.05, 3.63) is 57.6 Å². The lowest BCUT2D eigenvalue weighted by molar-refractivity contribution is 0.195. The minimum absolute atomic E-state index is 0.138. The Morgan fingerprint density at radius 1 is 1.04 bits per heavy atom. The molecule has 0 radical (unpaired) electrons. The van der Waals surface area contributed by atoms with Crippen LogP contribution in [0.5, 0.6) is 11.5 Å². The molecule has 5 heteroatoms. The van der Waals surface area contributed by atoms with Crippen LogP contribution in [0.15, 0.2) is 40.9 Å². The van der Waals surface area contributed by atoms with Crippen molar-refractivity contribution < 1.29 is 9.47 Å². The molecule has 2 aromatic carbocycles. The van der Waals surface area contributed by atoms with Crippen molar-refractivity contribution >= 4 is 15.9 Å². The van der Waals surface area contributed by atoms with Gasteiger partial charge in [-0.1, -0.05) is 29.8 Å². The minimum atomic E-state index is 0.138. The summed E-state index contributed by atoms with van der Waals surface area (Å²) in [7, 11) is 3.42. The zero-order chi connectivity index (χ0) is 17.8. The molecule has 2 aromatic rings. The van der Waals surface area contributed by atoms with Gasteiger partial charge in [0.2, 0.25) is 0 Å². The van der Waals surface area contributed by atoms with Crippen LogP contribution in [0.3, 0.4) is 0 Å². The van der Waals surface area contributed by atoms with Crippen molar-refractivity contribution in [1.82, 2.24) is 10.2 Å². The molecule has 1 saturated heterocycles. The summed E-state index contributed by atoms with van der Waals surface area (Å²) in [6.07, 6.45) is 0. The van der Waals surface area contributed by atoms with Gasteiger partial charge >= 0.3 is 0 Å². The fourth-order valence-corrected chi connectivity index (χ4v) is 3.95. The number of hydrogen-bond donors (Lipinski definition) is 1. The predicted octanol–water partition coefficient (Wildman–Crippen LogP) is 3.77. The van der Waals surface area contributed by atoms with Crippen molar-refractivity contribution in [1.29, 1.82) is 0 Å². The first kappa shape index (κ1) is 18.2. The van der Waals surface area contributed by atoms with Gasteiger partial charge in [-0.05, 0) is 40.5 Å². The second-order valence-electron chi connectivity index (χ2n) is 6.33. The van der Waals surface area contributed by atoms with E-state index in [9.17, 15) is 0 Å². The molecule has 4 nitrogen and oxygen atoms in total. The Labute approximate surface area is 158 Å². The number of rotatable bonds is 5. The van der Waals surface area contributed by atoms with E-state index in [4.69, 9.17) is 9.47 Å². The van der Waals surface area contributed by atoms with Crippen LogP contribution in [0.1, 0.15) is 22.7 Å². The molecule has 1 aliphatic rings. The second-order valence-corrected chi connectivity index (χ2v) is 7.19. The lowest BCUT2D eigenvalue weighted by Gasteiger charge is -2.36. The summed E-state index contributed by atoms with van der Waals surface area (Å²) in [4.78, 5) is 2.51. The third kappa shape index (κ3) is 4.00. The van der Waals surface area contributed by atoms with E-state index in [2.05, 4.69) is 63.4 Å². The van der Waals surface area contributed by atoms with Gasteiger partial charge in [0.05, 0.1) is 24.7 Å². The van der Waals surface area contributed by atoms with Gasteiger partial charge in [0.25, 0.3) is 0 Å². The number of benzene rings is 2. The summed E-state index contributed by atoms with van der Waals surface area (Å²) in [6, 6.07) is 13.0. The molecule has 1 N–H and O–H groups in total. The van der Waals surface area contributed by atoms with Crippen LogP contribution in [-0.4, -0.2) is 45.3 Å². The van der Waals surface area contributed by atoms with E-state index < -0.39 is 0 Å². The van der Waals surface area contributed by atoms with Gasteiger partial charge < -0.3 is 14.8 Å². The molecule has 0 aliphatic carbocycles. The average Bonchev–Trinajstić information content (AvgIpc) is 2.63. The zero-order valence-electron chi connectivity index (χ0n) is 15.0. The molecule has 0 bridgehead atoms. The molecule has 1 aliphatic heterocycles. The van der Waals surface area contributed by atoms with Crippen molar-refractivity contribution in [2.45, 2.75) is 13.0 Å². The summed E-state index contributed by atoms with van der Waals surface area (Å²) < 4.78 is 12.2. The van der Waals surface area contributed by atoms with E-state index in [1.807, 2.05) is 6.07 Å². The van der Waals surface area contributed by atoms with Crippen LogP contribution in [0.25, 0.3) is 0 Å². The molecule has 134 valence electrons. The molecular formula is C20H25BrN2O2. The van der Waals surface area contributed by atoms with Crippen molar-refractivity contribution in [3.8, 4) is 11.5 Å². The lowest BCUT2D eigenvalue weighted by atomic mass is 9.94. The molecule has 0 spiro atoms. The van der Waals surface area contributed by atoms with Gasteiger partial charge in [0, 0.05) is 31.7 Å². The van der Waals surface area contributed by atoms with Crippen molar-refractivity contribution in [3.63, 3.8) is 0 Å². The molecule has 25 heavy (non-hydrogen) atoms. The van der Waals surface area contributed by atoms with Crippen molar-refractivity contribution in [2.75, 3.05) is 40.4 Å². The van der Waals surface area contributed by atoms with Gasteiger partial charge in [-0.25, -0.2) is 0 Å². The summed E-state index contributed by atoms with van der Waals surface area (Å²) in [5.41, 5.74) is 3.68. The van der Waals surface area contributed by atoms with E-state index in [1.54, 1.807) is 14.2 Å². The van der Waals surface area contributed by atoms with Crippen LogP contribution in [-0.2, 0) is 0 Å². The maximum atomic E-state index is 5.72. The van der Waals surface area contributed by atoms with Gasteiger partial charge in [0.15, 0.2) is 0 Å². The van der Waals surface area contributed by atoms with E-state index in [0.717, 1.165) is 47.7 Å². The number of piperazine rings is 1. The maximum absolute atomic E-state index is 5.72. The van der Waals surface area contributed by atoms with E-state index in [1.165, 1.54) is 11.1 Å². The van der Waals surface area contributed by atoms with Crippen LogP contribution in [0.2, 0.25) is 0 Å². The standard InChI is InChI=1S/C20H25BrN2O2/c1-14-5-4-6-15(11-14)20(23-9-7-22-8-10-23)16-12-19(25-3)17(21)13-18(16)24-2/h4-6,11-13,20,22H,7-10H2,1-3H3. The number of aryl methyl sites for hydroxylation is 1. The zero-order valence-corrected chi connectivity index (χ0v) is 16.6. The molecule has 1 fully saturated rings. The number of halogens is 1. The Balaban J connectivity index is 2.13. The Kier molecular flexibility index (Phi) is 5.99. The Hall–Kier alpha value is -1.56. The summed E-state index contributed by atoms with van der Waals surface area (Å²) >= 11 is 3.57. The number of nitrogens with one attached hydrogen (secondary N) is 1. The van der Waals surface area contributed by atoms with E-state index >= 15 is 0 Å². The Morgan fingerprint density at radius 2 is 1.76 bits per heavy atom. The molecule has 1 heterocycles. The van der Waals surface area contributed by atoms with Gasteiger partial charge in [-0.2, -0.15) is 0 Å². The second kappa shape index (κ2) is 8.21. The summed E-state index contributed by atoms with van der Waals surface area (Å²) in [5.74, 6) is 1.70. The molecule has 1 unspecified atom stereocenters. The third-order valence-electron chi connectivity index (χ3n) is 4.67. The maximum Gasteiger partial charge on any atom is 0.133 e. The normalized spacial score (nSPS) is 16.5. The fourth-order valence-electron chi connectivity index (χ4n) is 3.47. The highest BCUT2D eigenvalue weighted by atomic mass is 79.9. The van der Waals surface area contributed by atoms with Crippen LogP contribution in [0, 0.1) is 6.92 Å². The molecular weight excluding hydrogens is 380 g/mol. The number of hydrogen-bond acceptors (Lipinski definition) is 4. The Morgan fingerprint density at radius 3 is 2.40 bits per heavy atom. The smallest absolute Gasteiger partial charge is 0.133 e. The first-order valence-electron chi connectivity index (χ1n) is 8.56. The fraction of sp³-hybridized carbons (Fsp3) is 0.400. The summed E-state index contributed by atoms with van der Waals surface area (Å²) in [6.45, 7) is 6.13. The minimum Gasteiger partial charge on any atom is -0.496 e. The number of ether oxygens (including phenoxy) is 2. The average molecular weight is 405 g/mol. The first-order chi connectivity index (χ1) is 12.1. The van der Waals surface area contributed by atoms with Gasteiger partial charge in [0.1, 0.15) is 11.5 Å². The van der Waals surface area contributed by atoms with Gasteiger partial charge in [-0.3, -0.25) is 4.90 Å². The van der Waals surface area contributed by atoms with Crippen molar-refractivity contribution in [2.24, 2.45) is 0 Å². The molecule has 1 atom stereocenters. The SMILES string of the molecule is COc1cc(C(c2cccc(C)c2)N2CCNCC2)c(OC)cc1Br. The quantitative estimate of drug-likeness (QED) is 0.821. The molecule has 0 amide bonds. The van der Waals surface area contributed by atoms with E-state index in [-0.39, 0.29) is 6.04 Å². The van der Waals surface area contributed by atoms with Crippen LogP contribution in [0.4, 0.5) is 0 Å². The summed E-state index contributed by atoms with van der Waals surface area (Å²) in [5, 5.41) is 3.44. The Bertz CT molecular complexity index is 730. The number of methoxy groups -OCH3 is 2. The van der Waals surface area contributed by atoms with Crippen LogP contribution >= 0.6 is 15.9 Å². The molecule has 0 saturated carbocycles. The molecule has 0 aromatic heterocycles. The molecule has 3 rings (SSSR count).